The molecule has 0 aliphatic heterocycles. The summed E-state index contributed by atoms with van der Waals surface area (Å²) in [5.74, 6) is 0.566. The van der Waals surface area contributed by atoms with Crippen molar-refractivity contribution >= 4 is 34.1 Å². The van der Waals surface area contributed by atoms with Crippen molar-refractivity contribution in [3.05, 3.63) is 66.4 Å². The summed E-state index contributed by atoms with van der Waals surface area (Å²) in [6, 6.07) is 17.7. The minimum Gasteiger partial charge on any atom is -0.378 e. The van der Waals surface area contributed by atoms with Gasteiger partial charge >= 0.3 is 0 Å². The molecule has 0 amide bonds. The third kappa shape index (κ3) is 3.54. The zero-order valence-corrected chi connectivity index (χ0v) is 14.0. The number of hydrogen-bond acceptors (Lipinski definition) is 4. The van der Waals surface area contributed by atoms with Crippen LogP contribution in [-0.2, 0) is 0 Å². The van der Waals surface area contributed by atoms with Gasteiger partial charge in [0.2, 0.25) is 0 Å². The maximum atomic E-state index is 12.4. The van der Waals surface area contributed by atoms with Gasteiger partial charge in [0.1, 0.15) is 0 Å². The Balaban J connectivity index is 1.73. The van der Waals surface area contributed by atoms with Crippen LogP contribution in [-0.4, -0.2) is 30.6 Å². The van der Waals surface area contributed by atoms with Crippen molar-refractivity contribution in [3.8, 4) is 0 Å². The first-order valence-electron chi connectivity index (χ1n) is 7.42. The van der Waals surface area contributed by atoms with Crippen molar-refractivity contribution in [3.63, 3.8) is 0 Å². The van der Waals surface area contributed by atoms with Gasteiger partial charge in [0.25, 0.3) is 0 Å². The number of benzene rings is 2. The molecule has 3 nitrogen and oxygen atoms in total. The van der Waals surface area contributed by atoms with Crippen LogP contribution in [0.5, 0.6) is 0 Å². The van der Waals surface area contributed by atoms with Crippen molar-refractivity contribution < 1.29 is 4.79 Å². The number of ketones is 1. The van der Waals surface area contributed by atoms with Gasteiger partial charge in [-0.25, -0.2) is 0 Å². The summed E-state index contributed by atoms with van der Waals surface area (Å²) in [6.07, 6.45) is 1.79. The molecular formula is C19H18N2OS. The van der Waals surface area contributed by atoms with Gasteiger partial charge in [-0.1, -0.05) is 18.2 Å². The number of carbonyl (C=O) groups excluding carboxylic acids is 1. The molecule has 0 unspecified atom stereocenters. The van der Waals surface area contributed by atoms with E-state index in [1.165, 1.54) is 0 Å². The number of rotatable bonds is 5. The molecule has 3 rings (SSSR count). The van der Waals surface area contributed by atoms with Crippen molar-refractivity contribution in [2.24, 2.45) is 0 Å². The summed E-state index contributed by atoms with van der Waals surface area (Å²) < 4.78 is 0. The minimum absolute atomic E-state index is 0.140. The van der Waals surface area contributed by atoms with E-state index in [0.29, 0.717) is 5.75 Å². The normalized spacial score (nSPS) is 10.7. The average molecular weight is 322 g/mol. The van der Waals surface area contributed by atoms with E-state index < -0.39 is 0 Å². The van der Waals surface area contributed by atoms with E-state index in [-0.39, 0.29) is 5.78 Å². The highest BCUT2D eigenvalue weighted by Gasteiger charge is 2.09. The first-order chi connectivity index (χ1) is 11.1. The minimum atomic E-state index is 0.140. The molecule has 0 fully saturated rings. The molecule has 0 saturated carbocycles. The second-order valence-electron chi connectivity index (χ2n) is 5.48. The van der Waals surface area contributed by atoms with Gasteiger partial charge in [-0.2, -0.15) is 0 Å². The van der Waals surface area contributed by atoms with Crippen LogP contribution in [0, 0.1) is 0 Å². The smallest absolute Gasteiger partial charge is 0.173 e. The van der Waals surface area contributed by atoms with E-state index in [0.717, 1.165) is 27.0 Å². The highest BCUT2D eigenvalue weighted by atomic mass is 32.2. The van der Waals surface area contributed by atoms with Crippen LogP contribution in [0.2, 0.25) is 0 Å². The van der Waals surface area contributed by atoms with Crippen molar-refractivity contribution in [2.45, 2.75) is 4.90 Å². The molecule has 1 heterocycles. The standard InChI is InChI=1S/C19H18N2OS/c1-21(2)15-9-7-14(8-10-15)18(22)13-23-19-11-12-20-17-6-4-3-5-16(17)19/h3-12H,13H2,1-2H3. The maximum absolute atomic E-state index is 12.4. The van der Waals surface area contributed by atoms with Crippen LogP contribution in [0.15, 0.2) is 65.7 Å². The Labute approximate surface area is 140 Å². The second-order valence-corrected chi connectivity index (χ2v) is 6.50. The molecule has 4 heteroatoms. The third-order valence-corrected chi connectivity index (χ3v) is 4.75. The fourth-order valence-corrected chi connectivity index (χ4v) is 3.31. The molecule has 2 aromatic carbocycles. The van der Waals surface area contributed by atoms with E-state index in [1.54, 1.807) is 18.0 Å². The fourth-order valence-electron chi connectivity index (χ4n) is 2.37. The first-order valence-corrected chi connectivity index (χ1v) is 8.41. The fraction of sp³-hybridized carbons (Fsp3) is 0.158. The van der Waals surface area contributed by atoms with Gasteiger partial charge in [0, 0.05) is 41.8 Å². The Morgan fingerprint density at radius 1 is 1.04 bits per heavy atom. The first kappa shape index (κ1) is 15.6. The summed E-state index contributed by atoms with van der Waals surface area (Å²) in [6.45, 7) is 0. The molecule has 1 aromatic heterocycles. The number of nitrogens with zero attached hydrogens (tertiary/aromatic N) is 2. The SMILES string of the molecule is CN(C)c1ccc(C(=O)CSc2ccnc3ccccc23)cc1. The molecule has 0 N–H and O–H groups in total. The van der Waals surface area contributed by atoms with Crippen LogP contribution in [0.25, 0.3) is 10.9 Å². The molecule has 0 aliphatic rings. The molecule has 3 aromatic rings. The summed E-state index contributed by atoms with van der Waals surface area (Å²) >= 11 is 1.56. The van der Waals surface area contributed by atoms with E-state index >= 15 is 0 Å². The Morgan fingerprint density at radius 3 is 2.52 bits per heavy atom. The number of hydrogen-bond donors (Lipinski definition) is 0. The van der Waals surface area contributed by atoms with Crippen LogP contribution in [0.3, 0.4) is 0 Å². The van der Waals surface area contributed by atoms with Crippen molar-refractivity contribution in [2.75, 3.05) is 24.7 Å². The number of aromatic nitrogens is 1. The Morgan fingerprint density at radius 2 is 1.78 bits per heavy atom. The second kappa shape index (κ2) is 6.84. The van der Waals surface area contributed by atoms with E-state index in [2.05, 4.69) is 4.98 Å². The molecule has 0 radical (unpaired) electrons. The van der Waals surface area contributed by atoms with Gasteiger partial charge in [0.05, 0.1) is 11.3 Å². The summed E-state index contributed by atoms with van der Waals surface area (Å²) in [4.78, 5) is 19.8. The number of thioether (sulfide) groups is 1. The zero-order valence-electron chi connectivity index (χ0n) is 13.2. The highest BCUT2D eigenvalue weighted by Crippen LogP contribution is 2.27. The van der Waals surface area contributed by atoms with Crippen molar-refractivity contribution in [1.82, 2.24) is 4.98 Å². The van der Waals surface area contributed by atoms with Crippen LogP contribution < -0.4 is 4.90 Å². The average Bonchev–Trinajstić information content (AvgIpc) is 2.59. The van der Waals surface area contributed by atoms with Gasteiger partial charge in [-0.15, -0.1) is 11.8 Å². The van der Waals surface area contributed by atoms with Crippen molar-refractivity contribution in [1.29, 1.82) is 0 Å². The topological polar surface area (TPSA) is 33.2 Å². The van der Waals surface area contributed by atoms with Gasteiger partial charge in [0.15, 0.2) is 5.78 Å². The van der Waals surface area contributed by atoms with Gasteiger partial charge in [-0.3, -0.25) is 9.78 Å². The Kier molecular flexibility index (Phi) is 4.63. The Hall–Kier alpha value is -2.33. The number of anilines is 1. The molecular weight excluding hydrogens is 304 g/mol. The summed E-state index contributed by atoms with van der Waals surface area (Å²) in [5, 5.41) is 1.09. The Bertz CT molecular complexity index is 823. The molecule has 116 valence electrons. The molecule has 0 bridgehead atoms. The molecule has 0 spiro atoms. The lowest BCUT2D eigenvalue weighted by atomic mass is 10.1. The number of fused-ring (bicyclic) bond motifs is 1. The van der Waals surface area contributed by atoms with Crippen LogP contribution in [0.4, 0.5) is 5.69 Å². The van der Waals surface area contributed by atoms with E-state index in [1.807, 2.05) is 73.6 Å². The highest BCUT2D eigenvalue weighted by molar-refractivity contribution is 8.00. The number of Topliss-reactive ketones (excluding diaryl/α,β-unsaturated/α-hetero) is 1. The molecule has 0 atom stereocenters. The lowest BCUT2D eigenvalue weighted by Gasteiger charge is -2.12. The number of para-hydroxylation sites is 1. The van der Waals surface area contributed by atoms with Crippen LogP contribution >= 0.6 is 11.8 Å². The summed E-state index contributed by atoms with van der Waals surface area (Å²) in [7, 11) is 3.97. The lowest BCUT2D eigenvalue weighted by molar-refractivity contribution is 0.102. The largest absolute Gasteiger partial charge is 0.378 e. The van der Waals surface area contributed by atoms with Gasteiger partial charge in [-0.05, 0) is 36.4 Å². The number of pyridine rings is 1. The predicted molar refractivity (Wildman–Crippen MR) is 97.6 cm³/mol. The van der Waals surface area contributed by atoms with E-state index in [4.69, 9.17) is 0 Å². The molecule has 0 aliphatic carbocycles. The summed E-state index contributed by atoms with van der Waals surface area (Å²) in [5.41, 5.74) is 2.80. The lowest BCUT2D eigenvalue weighted by Crippen LogP contribution is -2.09. The maximum Gasteiger partial charge on any atom is 0.173 e. The quantitative estimate of drug-likeness (QED) is 0.519. The van der Waals surface area contributed by atoms with E-state index in [9.17, 15) is 4.79 Å². The van der Waals surface area contributed by atoms with Crippen LogP contribution in [0.1, 0.15) is 10.4 Å². The molecule has 0 saturated heterocycles. The zero-order chi connectivity index (χ0) is 16.2. The predicted octanol–water partition coefficient (Wildman–Crippen LogP) is 4.28. The van der Waals surface area contributed by atoms with Gasteiger partial charge < -0.3 is 4.90 Å². The third-order valence-electron chi connectivity index (χ3n) is 3.67. The monoisotopic (exact) mass is 322 g/mol. The number of carbonyl (C=O) groups is 1. The molecule has 23 heavy (non-hydrogen) atoms.